The van der Waals surface area contributed by atoms with Crippen LogP contribution in [0.25, 0.3) is 17.0 Å². The summed E-state index contributed by atoms with van der Waals surface area (Å²) in [4.78, 5) is 11.9. The third kappa shape index (κ3) is 5.32. The number of fused-ring (bicyclic) bond motifs is 1. The Labute approximate surface area is 186 Å². The van der Waals surface area contributed by atoms with Crippen molar-refractivity contribution in [3.63, 3.8) is 0 Å². The molecule has 0 saturated heterocycles. The summed E-state index contributed by atoms with van der Waals surface area (Å²) in [6, 6.07) is 13.5. The first-order valence-corrected chi connectivity index (χ1v) is 9.88. The van der Waals surface area contributed by atoms with Crippen LogP contribution >= 0.6 is 0 Å². The summed E-state index contributed by atoms with van der Waals surface area (Å²) in [6.07, 6.45) is 0. The highest BCUT2D eigenvalue weighted by atomic mass is 19.1. The van der Waals surface area contributed by atoms with Crippen LogP contribution in [0.3, 0.4) is 0 Å². The molecule has 0 atom stereocenters. The SMILES string of the molecule is COc1ccc(-c2nnc3ccc(OCCNC(=O)COc4ccc(F)cc4F)nn23)cc1. The predicted octanol–water partition coefficient (Wildman–Crippen LogP) is 2.65. The summed E-state index contributed by atoms with van der Waals surface area (Å²) in [7, 11) is 1.59. The van der Waals surface area contributed by atoms with Crippen molar-refractivity contribution in [3.05, 3.63) is 66.2 Å². The Morgan fingerprint density at radius 3 is 2.61 bits per heavy atom. The zero-order chi connectivity index (χ0) is 23.2. The Morgan fingerprint density at radius 1 is 1.03 bits per heavy atom. The molecule has 0 unspecified atom stereocenters. The summed E-state index contributed by atoms with van der Waals surface area (Å²) in [5.41, 5.74) is 1.35. The number of aromatic nitrogens is 4. The second-order valence-corrected chi connectivity index (χ2v) is 6.76. The third-order valence-corrected chi connectivity index (χ3v) is 4.51. The van der Waals surface area contributed by atoms with Gasteiger partial charge in [0, 0.05) is 17.7 Å². The molecule has 0 aliphatic heterocycles. The highest BCUT2D eigenvalue weighted by molar-refractivity contribution is 5.77. The van der Waals surface area contributed by atoms with Gasteiger partial charge in [-0.1, -0.05) is 0 Å². The van der Waals surface area contributed by atoms with Crippen LogP contribution in [-0.2, 0) is 4.79 Å². The number of nitrogens with one attached hydrogen (secondary N) is 1. The van der Waals surface area contributed by atoms with E-state index in [-0.39, 0.29) is 18.9 Å². The number of hydrogen-bond acceptors (Lipinski definition) is 7. The molecule has 1 amide bonds. The van der Waals surface area contributed by atoms with E-state index < -0.39 is 24.1 Å². The van der Waals surface area contributed by atoms with Crippen LogP contribution in [0.5, 0.6) is 17.4 Å². The van der Waals surface area contributed by atoms with Crippen LogP contribution in [0.1, 0.15) is 0 Å². The number of halogens is 2. The van der Waals surface area contributed by atoms with Crippen LogP contribution in [0, 0.1) is 11.6 Å². The number of amides is 1. The quantitative estimate of drug-likeness (QED) is 0.387. The molecule has 0 saturated carbocycles. The second-order valence-electron chi connectivity index (χ2n) is 6.76. The Kier molecular flexibility index (Phi) is 6.58. The molecule has 33 heavy (non-hydrogen) atoms. The zero-order valence-corrected chi connectivity index (χ0v) is 17.5. The molecule has 4 aromatic rings. The van der Waals surface area contributed by atoms with Gasteiger partial charge in [0.1, 0.15) is 18.2 Å². The van der Waals surface area contributed by atoms with Gasteiger partial charge >= 0.3 is 0 Å². The maximum absolute atomic E-state index is 13.5. The number of benzene rings is 2. The Balaban J connectivity index is 1.29. The fraction of sp³-hybridized carbons (Fsp3) is 0.182. The summed E-state index contributed by atoms with van der Waals surface area (Å²) < 4.78 is 43.8. The fourth-order valence-corrected chi connectivity index (χ4v) is 2.90. The molecule has 0 bridgehead atoms. The molecule has 11 heteroatoms. The fourth-order valence-electron chi connectivity index (χ4n) is 2.90. The molecule has 170 valence electrons. The Hall–Kier alpha value is -4.28. The molecule has 1 N–H and O–H groups in total. The summed E-state index contributed by atoms with van der Waals surface area (Å²) in [5, 5.41) is 15.2. The van der Waals surface area contributed by atoms with E-state index in [1.54, 1.807) is 23.8 Å². The standard InChI is InChI=1S/C22H19F2N5O4/c1-31-16-5-2-14(3-6-16)22-27-26-19-8-9-21(28-29(19)22)32-11-10-25-20(30)13-33-18-7-4-15(23)12-17(18)24/h2-9,12H,10-11,13H2,1H3,(H,25,30). The van der Waals surface area contributed by atoms with Crippen LogP contribution in [-0.4, -0.2) is 52.6 Å². The van der Waals surface area contributed by atoms with Gasteiger partial charge in [-0.3, -0.25) is 4.79 Å². The van der Waals surface area contributed by atoms with E-state index in [1.807, 2.05) is 24.3 Å². The largest absolute Gasteiger partial charge is 0.497 e. The monoisotopic (exact) mass is 455 g/mol. The average Bonchev–Trinajstić information content (AvgIpc) is 3.24. The van der Waals surface area contributed by atoms with Gasteiger partial charge in [0.2, 0.25) is 5.88 Å². The number of carbonyl (C=O) groups is 1. The van der Waals surface area contributed by atoms with E-state index in [2.05, 4.69) is 20.6 Å². The van der Waals surface area contributed by atoms with Crippen molar-refractivity contribution >= 4 is 11.6 Å². The third-order valence-electron chi connectivity index (χ3n) is 4.51. The van der Waals surface area contributed by atoms with E-state index in [9.17, 15) is 13.6 Å². The van der Waals surface area contributed by atoms with Crippen LogP contribution in [0.4, 0.5) is 8.78 Å². The van der Waals surface area contributed by atoms with Crippen molar-refractivity contribution in [1.82, 2.24) is 25.1 Å². The van der Waals surface area contributed by atoms with Gasteiger partial charge < -0.3 is 19.5 Å². The molecule has 0 aliphatic rings. The molecular weight excluding hydrogens is 436 g/mol. The van der Waals surface area contributed by atoms with Gasteiger partial charge in [0.05, 0.1) is 13.7 Å². The van der Waals surface area contributed by atoms with Crippen LogP contribution in [0.2, 0.25) is 0 Å². The second kappa shape index (κ2) is 9.90. The summed E-state index contributed by atoms with van der Waals surface area (Å²) >= 11 is 0. The van der Waals surface area contributed by atoms with Crippen molar-refractivity contribution < 1.29 is 27.8 Å². The maximum atomic E-state index is 13.5. The molecular formula is C22H19F2N5O4. The Bertz CT molecular complexity index is 1260. The van der Waals surface area contributed by atoms with E-state index in [4.69, 9.17) is 14.2 Å². The topological polar surface area (TPSA) is 99.9 Å². The van der Waals surface area contributed by atoms with E-state index in [1.165, 1.54) is 0 Å². The summed E-state index contributed by atoms with van der Waals surface area (Å²) in [6.45, 7) is -0.116. The lowest BCUT2D eigenvalue weighted by molar-refractivity contribution is -0.123. The minimum absolute atomic E-state index is 0.134. The van der Waals surface area contributed by atoms with Crippen LogP contribution < -0.4 is 19.5 Å². The van der Waals surface area contributed by atoms with E-state index in [0.717, 1.165) is 23.4 Å². The molecule has 2 aromatic carbocycles. The highest BCUT2D eigenvalue weighted by Gasteiger charge is 2.11. The zero-order valence-electron chi connectivity index (χ0n) is 17.5. The van der Waals surface area contributed by atoms with Gasteiger partial charge in [-0.2, -0.15) is 4.52 Å². The van der Waals surface area contributed by atoms with Crippen molar-refractivity contribution in [2.75, 3.05) is 26.9 Å². The minimum Gasteiger partial charge on any atom is -0.497 e. The molecule has 4 rings (SSSR count). The molecule has 2 aromatic heterocycles. The molecule has 0 radical (unpaired) electrons. The Morgan fingerprint density at radius 2 is 1.85 bits per heavy atom. The molecule has 2 heterocycles. The molecule has 0 aliphatic carbocycles. The smallest absolute Gasteiger partial charge is 0.258 e. The lowest BCUT2D eigenvalue weighted by Crippen LogP contribution is -2.32. The number of nitrogens with zero attached hydrogens (tertiary/aromatic N) is 4. The van der Waals surface area contributed by atoms with Gasteiger partial charge in [0.25, 0.3) is 5.91 Å². The average molecular weight is 455 g/mol. The van der Waals surface area contributed by atoms with Gasteiger partial charge in [-0.25, -0.2) is 8.78 Å². The summed E-state index contributed by atoms with van der Waals surface area (Å²) in [5.74, 6) is -0.716. The van der Waals surface area contributed by atoms with Crippen LogP contribution in [0.15, 0.2) is 54.6 Å². The van der Waals surface area contributed by atoms with Gasteiger partial charge in [0.15, 0.2) is 29.6 Å². The maximum Gasteiger partial charge on any atom is 0.258 e. The lowest BCUT2D eigenvalue weighted by Gasteiger charge is -2.09. The van der Waals surface area contributed by atoms with Gasteiger partial charge in [-0.15, -0.1) is 15.3 Å². The molecule has 0 spiro atoms. The number of ether oxygens (including phenoxy) is 3. The van der Waals surface area contributed by atoms with Crippen molar-refractivity contribution in [2.45, 2.75) is 0 Å². The molecule has 0 fully saturated rings. The normalized spacial score (nSPS) is 10.8. The minimum atomic E-state index is -0.879. The number of hydrogen-bond donors (Lipinski definition) is 1. The van der Waals surface area contributed by atoms with Gasteiger partial charge in [-0.05, 0) is 42.5 Å². The molecule has 9 nitrogen and oxygen atoms in total. The first kappa shape index (κ1) is 21.9. The predicted molar refractivity (Wildman–Crippen MR) is 113 cm³/mol. The van der Waals surface area contributed by atoms with Crippen molar-refractivity contribution in [1.29, 1.82) is 0 Å². The lowest BCUT2D eigenvalue weighted by atomic mass is 10.2. The number of rotatable bonds is 9. The van der Waals surface area contributed by atoms with E-state index >= 15 is 0 Å². The number of methoxy groups -OCH3 is 1. The highest BCUT2D eigenvalue weighted by Crippen LogP contribution is 2.22. The number of carbonyl (C=O) groups excluding carboxylic acids is 1. The van der Waals surface area contributed by atoms with Crippen molar-refractivity contribution in [2.24, 2.45) is 0 Å². The first-order valence-electron chi connectivity index (χ1n) is 9.88. The first-order chi connectivity index (χ1) is 16.0. The van der Waals surface area contributed by atoms with Crippen molar-refractivity contribution in [3.8, 4) is 28.8 Å². The van der Waals surface area contributed by atoms with E-state index in [0.29, 0.717) is 23.4 Å².